The van der Waals surface area contributed by atoms with Gasteiger partial charge in [-0.25, -0.2) is 4.98 Å². The van der Waals surface area contributed by atoms with Crippen LogP contribution in [0, 0.1) is 13.8 Å². The standard InChI is InChI=1S/C27H22N2O4S/c1-15-7-10-17(11-8-15)24(30)22-23(18-5-4-6-19(14-18)33-3)29(26(32)25(22)31)27-28-20-12-9-16(2)13-21(20)34-27/h4-14,23,30H,1-3H3/t23-/m0/s1. The topological polar surface area (TPSA) is 79.7 Å². The summed E-state index contributed by atoms with van der Waals surface area (Å²) in [5.74, 6) is -1.11. The van der Waals surface area contributed by atoms with E-state index in [-0.39, 0.29) is 11.3 Å². The molecule has 1 aliphatic heterocycles. The zero-order valence-electron chi connectivity index (χ0n) is 18.9. The van der Waals surface area contributed by atoms with E-state index in [0.717, 1.165) is 21.3 Å². The maximum atomic E-state index is 13.4. The number of fused-ring (bicyclic) bond motifs is 1. The van der Waals surface area contributed by atoms with Crippen molar-refractivity contribution in [1.82, 2.24) is 4.98 Å². The first-order chi connectivity index (χ1) is 16.4. The first kappa shape index (κ1) is 21.9. The first-order valence-electron chi connectivity index (χ1n) is 10.8. The van der Waals surface area contributed by atoms with Gasteiger partial charge in [-0.15, -0.1) is 0 Å². The number of hydrogen-bond donors (Lipinski definition) is 1. The van der Waals surface area contributed by atoms with Crippen molar-refractivity contribution in [2.75, 3.05) is 12.0 Å². The van der Waals surface area contributed by atoms with Gasteiger partial charge in [0.05, 0.1) is 28.9 Å². The maximum Gasteiger partial charge on any atom is 0.301 e. The average Bonchev–Trinajstić information content (AvgIpc) is 3.37. The molecule has 7 heteroatoms. The lowest BCUT2D eigenvalue weighted by Gasteiger charge is -2.23. The molecule has 34 heavy (non-hydrogen) atoms. The van der Waals surface area contributed by atoms with E-state index in [0.29, 0.717) is 22.0 Å². The lowest BCUT2D eigenvalue weighted by Crippen LogP contribution is -2.29. The van der Waals surface area contributed by atoms with E-state index in [9.17, 15) is 14.7 Å². The highest BCUT2D eigenvalue weighted by Gasteiger charge is 2.48. The number of aliphatic hydroxyl groups is 1. The zero-order valence-corrected chi connectivity index (χ0v) is 19.7. The minimum Gasteiger partial charge on any atom is -0.507 e. The van der Waals surface area contributed by atoms with Crippen LogP contribution in [0.25, 0.3) is 16.0 Å². The van der Waals surface area contributed by atoms with Crippen molar-refractivity contribution in [2.24, 2.45) is 0 Å². The quantitative estimate of drug-likeness (QED) is 0.240. The number of rotatable bonds is 4. The van der Waals surface area contributed by atoms with Crippen molar-refractivity contribution in [1.29, 1.82) is 0 Å². The minimum atomic E-state index is -0.849. The molecule has 1 amide bonds. The van der Waals surface area contributed by atoms with Gasteiger partial charge >= 0.3 is 5.91 Å². The molecule has 5 rings (SSSR count). The molecule has 1 N–H and O–H groups in total. The maximum absolute atomic E-state index is 13.4. The summed E-state index contributed by atoms with van der Waals surface area (Å²) in [4.78, 5) is 32.7. The Labute approximate surface area is 200 Å². The van der Waals surface area contributed by atoms with Crippen LogP contribution in [0.3, 0.4) is 0 Å². The highest BCUT2D eigenvalue weighted by atomic mass is 32.1. The molecular formula is C27H22N2O4S. The van der Waals surface area contributed by atoms with Crippen LogP contribution in [0.4, 0.5) is 5.13 Å². The van der Waals surface area contributed by atoms with E-state index in [1.165, 1.54) is 16.2 Å². The fraction of sp³-hybridized carbons (Fsp3) is 0.148. The number of aliphatic hydroxyl groups excluding tert-OH is 1. The van der Waals surface area contributed by atoms with Gasteiger partial charge in [0.25, 0.3) is 5.78 Å². The molecule has 0 aliphatic carbocycles. The van der Waals surface area contributed by atoms with Crippen LogP contribution < -0.4 is 9.64 Å². The molecule has 0 spiro atoms. The third-order valence-corrected chi connectivity index (χ3v) is 6.94. The Balaban J connectivity index is 1.74. The number of aromatic nitrogens is 1. The van der Waals surface area contributed by atoms with E-state index in [1.54, 1.807) is 37.4 Å². The predicted octanol–water partition coefficient (Wildman–Crippen LogP) is 5.55. The summed E-state index contributed by atoms with van der Waals surface area (Å²) in [7, 11) is 1.55. The molecule has 3 aromatic carbocycles. The Bertz CT molecular complexity index is 1470. The minimum absolute atomic E-state index is 0.0255. The summed E-state index contributed by atoms with van der Waals surface area (Å²) < 4.78 is 6.30. The van der Waals surface area contributed by atoms with Crippen LogP contribution in [0.15, 0.2) is 72.3 Å². The number of ketones is 1. The number of aryl methyl sites for hydroxylation is 2. The van der Waals surface area contributed by atoms with Gasteiger partial charge in [0.2, 0.25) is 0 Å². The van der Waals surface area contributed by atoms with Crippen molar-refractivity contribution in [3.05, 3.63) is 94.6 Å². The summed E-state index contributed by atoms with van der Waals surface area (Å²) in [6.45, 7) is 3.93. The Kier molecular flexibility index (Phi) is 5.42. The average molecular weight is 471 g/mol. The Morgan fingerprint density at radius 2 is 1.74 bits per heavy atom. The molecule has 1 aliphatic rings. The third-order valence-electron chi connectivity index (χ3n) is 5.92. The number of amides is 1. The fourth-order valence-electron chi connectivity index (χ4n) is 4.15. The van der Waals surface area contributed by atoms with Gasteiger partial charge in [-0.2, -0.15) is 0 Å². The van der Waals surface area contributed by atoms with Gasteiger partial charge in [-0.05, 0) is 49.2 Å². The Morgan fingerprint density at radius 3 is 2.47 bits per heavy atom. The zero-order chi connectivity index (χ0) is 24.0. The van der Waals surface area contributed by atoms with Crippen LogP contribution in [0.5, 0.6) is 5.75 Å². The number of Topliss-reactive ketones (excluding diaryl/α,β-unsaturated/α-hetero) is 1. The second kappa shape index (κ2) is 8.43. The SMILES string of the molecule is COc1cccc([C@H]2C(=C(O)c3ccc(C)cc3)C(=O)C(=O)N2c2nc3ccc(C)cc3s2)c1. The number of anilines is 1. The van der Waals surface area contributed by atoms with Crippen molar-refractivity contribution in [2.45, 2.75) is 19.9 Å². The van der Waals surface area contributed by atoms with Crippen LogP contribution >= 0.6 is 11.3 Å². The lowest BCUT2D eigenvalue weighted by atomic mass is 9.95. The van der Waals surface area contributed by atoms with E-state index < -0.39 is 17.7 Å². The van der Waals surface area contributed by atoms with Gasteiger partial charge in [-0.3, -0.25) is 14.5 Å². The van der Waals surface area contributed by atoms with E-state index in [1.807, 2.05) is 50.2 Å². The monoisotopic (exact) mass is 470 g/mol. The van der Waals surface area contributed by atoms with Crippen LogP contribution in [0.1, 0.15) is 28.3 Å². The van der Waals surface area contributed by atoms with Crippen molar-refractivity contribution in [3.8, 4) is 5.75 Å². The molecule has 6 nitrogen and oxygen atoms in total. The summed E-state index contributed by atoms with van der Waals surface area (Å²) in [5.41, 5.74) is 3.98. The van der Waals surface area contributed by atoms with E-state index >= 15 is 0 Å². The van der Waals surface area contributed by atoms with Gasteiger partial charge in [-0.1, -0.05) is 59.4 Å². The largest absolute Gasteiger partial charge is 0.507 e. The van der Waals surface area contributed by atoms with Gasteiger partial charge in [0.15, 0.2) is 5.13 Å². The molecule has 0 bridgehead atoms. The summed E-state index contributed by atoms with van der Waals surface area (Å²) in [6, 6.07) is 19.3. The van der Waals surface area contributed by atoms with Gasteiger partial charge < -0.3 is 9.84 Å². The third kappa shape index (κ3) is 3.64. The molecular weight excluding hydrogens is 448 g/mol. The summed E-state index contributed by atoms with van der Waals surface area (Å²) in [6.07, 6.45) is 0. The number of methoxy groups -OCH3 is 1. The second-order valence-electron chi connectivity index (χ2n) is 8.28. The molecule has 0 saturated carbocycles. The molecule has 1 fully saturated rings. The molecule has 2 heterocycles. The molecule has 1 aromatic heterocycles. The second-order valence-corrected chi connectivity index (χ2v) is 9.29. The van der Waals surface area contributed by atoms with Crippen molar-refractivity contribution < 1.29 is 19.4 Å². The number of ether oxygens (including phenoxy) is 1. The molecule has 170 valence electrons. The van der Waals surface area contributed by atoms with E-state index in [2.05, 4.69) is 4.98 Å². The molecule has 0 unspecified atom stereocenters. The Morgan fingerprint density at radius 1 is 1.00 bits per heavy atom. The van der Waals surface area contributed by atoms with Crippen molar-refractivity contribution in [3.63, 3.8) is 0 Å². The van der Waals surface area contributed by atoms with Crippen LogP contribution in [-0.2, 0) is 9.59 Å². The predicted molar refractivity (Wildman–Crippen MR) is 133 cm³/mol. The summed E-state index contributed by atoms with van der Waals surface area (Å²) in [5, 5.41) is 11.6. The number of hydrogen-bond acceptors (Lipinski definition) is 6. The molecule has 1 saturated heterocycles. The highest BCUT2D eigenvalue weighted by molar-refractivity contribution is 7.22. The molecule has 0 radical (unpaired) electrons. The van der Waals surface area contributed by atoms with E-state index in [4.69, 9.17) is 4.74 Å². The highest BCUT2D eigenvalue weighted by Crippen LogP contribution is 2.44. The smallest absolute Gasteiger partial charge is 0.301 e. The first-order valence-corrected chi connectivity index (χ1v) is 11.6. The van der Waals surface area contributed by atoms with Gasteiger partial charge in [0.1, 0.15) is 11.5 Å². The normalized spacial score (nSPS) is 17.5. The molecule has 4 aromatic rings. The van der Waals surface area contributed by atoms with Crippen molar-refractivity contribution >= 4 is 44.1 Å². The number of thiazole rings is 1. The van der Waals surface area contributed by atoms with Gasteiger partial charge in [0, 0.05) is 5.56 Å². The Hall–Kier alpha value is -3.97. The fourth-order valence-corrected chi connectivity index (χ4v) is 5.24. The lowest BCUT2D eigenvalue weighted by molar-refractivity contribution is -0.132. The number of carbonyl (C=O) groups is 2. The molecule has 1 atom stereocenters. The number of nitrogens with zero attached hydrogens (tertiary/aromatic N) is 2. The van der Waals surface area contributed by atoms with Crippen LogP contribution in [0.2, 0.25) is 0 Å². The number of carbonyl (C=O) groups excluding carboxylic acids is 2. The number of benzene rings is 3. The van der Waals surface area contributed by atoms with Crippen LogP contribution in [-0.4, -0.2) is 28.9 Å². The summed E-state index contributed by atoms with van der Waals surface area (Å²) >= 11 is 1.34.